The number of aliphatic hydroxyl groups is 1. The van der Waals surface area contributed by atoms with E-state index in [2.05, 4.69) is 5.32 Å². The fourth-order valence-electron chi connectivity index (χ4n) is 1.12. The second kappa shape index (κ2) is 3.30. The molecule has 13 heavy (non-hydrogen) atoms. The fraction of sp³-hybridized carbons (Fsp3) is 0.556. The lowest BCUT2D eigenvalue weighted by atomic mass is 9.94. The first kappa shape index (κ1) is 9.92. The van der Waals surface area contributed by atoms with Crippen molar-refractivity contribution in [2.24, 2.45) is 0 Å². The number of nitrogens with one attached hydrogen (secondary N) is 1. The van der Waals surface area contributed by atoms with Gasteiger partial charge in [-0.2, -0.15) is 0 Å². The number of hydrogen-bond acceptors (Lipinski definition) is 3. The van der Waals surface area contributed by atoms with Gasteiger partial charge in [0.1, 0.15) is 0 Å². The molecule has 2 amide bonds. The zero-order valence-electron chi connectivity index (χ0n) is 7.76. The molecule has 0 aromatic heterocycles. The molecule has 0 aromatic carbocycles. The summed E-state index contributed by atoms with van der Waals surface area (Å²) in [6.07, 6.45) is 2.01. The van der Waals surface area contributed by atoms with Gasteiger partial charge in [0, 0.05) is 18.1 Å². The van der Waals surface area contributed by atoms with Crippen LogP contribution in [0, 0.1) is 0 Å². The van der Waals surface area contributed by atoms with Crippen molar-refractivity contribution in [2.75, 3.05) is 0 Å². The lowest BCUT2D eigenvalue weighted by Crippen LogP contribution is -2.27. The molecule has 0 aromatic rings. The number of amides is 2. The van der Waals surface area contributed by atoms with E-state index in [1.165, 1.54) is 6.08 Å². The van der Waals surface area contributed by atoms with Gasteiger partial charge >= 0.3 is 0 Å². The Morgan fingerprint density at radius 2 is 2.15 bits per heavy atom. The molecule has 1 aliphatic heterocycles. The number of carbonyl (C=O) groups excluding carboxylic acids is 2. The molecule has 2 N–H and O–H groups in total. The van der Waals surface area contributed by atoms with Crippen LogP contribution in [0.2, 0.25) is 0 Å². The molecule has 0 fully saturated rings. The van der Waals surface area contributed by atoms with Gasteiger partial charge < -0.3 is 5.11 Å². The SMILES string of the molecule is CCC(C)(O)CC1=CC(=O)NC1=O. The molecule has 0 saturated heterocycles. The Hall–Kier alpha value is -1.16. The molecule has 4 heteroatoms. The van der Waals surface area contributed by atoms with E-state index in [9.17, 15) is 14.7 Å². The van der Waals surface area contributed by atoms with Gasteiger partial charge in [0.2, 0.25) is 0 Å². The van der Waals surface area contributed by atoms with Crippen molar-refractivity contribution in [1.29, 1.82) is 0 Å². The second-order valence-electron chi connectivity index (χ2n) is 3.52. The van der Waals surface area contributed by atoms with E-state index in [1.54, 1.807) is 6.92 Å². The third-order valence-electron chi connectivity index (χ3n) is 2.17. The number of imide groups is 1. The maximum atomic E-state index is 11.1. The van der Waals surface area contributed by atoms with E-state index in [-0.39, 0.29) is 6.42 Å². The van der Waals surface area contributed by atoms with Crippen molar-refractivity contribution in [3.63, 3.8) is 0 Å². The zero-order chi connectivity index (χ0) is 10.1. The van der Waals surface area contributed by atoms with Crippen molar-refractivity contribution in [2.45, 2.75) is 32.3 Å². The summed E-state index contributed by atoms with van der Waals surface area (Å²) in [4.78, 5) is 21.8. The van der Waals surface area contributed by atoms with Gasteiger partial charge in [-0.25, -0.2) is 0 Å². The van der Waals surface area contributed by atoms with Crippen molar-refractivity contribution < 1.29 is 14.7 Å². The molecule has 0 saturated carbocycles. The van der Waals surface area contributed by atoms with Crippen LogP contribution < -0.4 is 5.32 Å². The second-order valence-corrected chi connectivity index (χ2v) is 3.52. The minimum atomic E-state index is -0.909. The van der Waals surface area contributed by atoms with Gasteiger partial charge in [0.05, 0.1) is 5.60 Å². The van der Waals surface area contributed by atoms with Crippen LogP contribution in [-0.4, -0.2) is 22.5 Å². The summed E-state index contributed by atoms with van der Waals surface area (Å²) in [7, 11) is 0. The molecule has 72 valence electrons. The van der Waals surface area contributed by atoms with Gasteiger partial charge in [-0.15, -0.1) is 0 Å². The molecule has 1 heterocycles. The van der Waals surface area contributed by atoms with Crippen LogP contribution in [0.3, 0.4) is 0 Å². The standard InChI is InChI=1S/C9H13NO3/c1-3-9(2,13)5-6-4-7(11)10-8(6)12/h4,13H,3,5H2,1-2H3,(H,10,11,12). The minimum Gasteiger partial charge on any atom is -0.390 e. The molecular formula is C9H13NO3. The fourth-order valence-corrected chi connectivity index (χ4v) is 1.12. The van der Waals surface area contributed by atoms with Crippen LogP contribution in [0.4, 0.5) is 0 Å². The monoisotopic (exact) mass is 183 g/mol. The normalized spacial score (nSPS) is 21.0. The Kier molecular flexibility index (Phi) is 2.52. The van der Waals surface area contributed by atoms with Gasteiger partial charge in [-0.3, -0.25) is 14.9 Å². The highest BCUT2D eigenvalue weighted by Gasteiger charge is 2.27. The topological polar surface area (TPSA) is 66.4 Å². The highest BCUT2D eigenvalue weighted by atomic mass is 16.3. The summed E-state index contributed by atoms with van der Waals surface area (Å²) in [5, 5.41) is 11.8. The summed E-state index contributed by atoms with van der Waals surface area (Å²) >= 11 is 0. The molecule has 0 spiro atoms. The molecular weight excluding hydrogens is 170 g/mol. The smallest absolute Gasteiger partial charge is 0.254 e. The van der Waals surface area contributed by atoms with E-state index in [0.29, 0.717) is 12.0 Å². The van der Waals surface area contributed by atoms with E-state index >= 15 is 0 Å². The lowest BCUT2D eigenvalue weighted by Gasteiger charge is -2.20. The third kappa shape index (κ3) is 2.39. The van der Waals surface area contributed by atoms with Crippen molar-refractivity contribution in [3.05, 3.63) is 11.6 Å². The molecule has 1 atom stereocenters. The summed E-state index contributed by atoms with van der Waals surface area (Å²) in [6.45, 7) is 3.47. The maximum Gasteiger partial charge on any atom is 0.254 e. The van der Waals surface area contributed by atoms with Crippen LogP contribution in [-0.2, 0) is 9.59 Å². The van der Waals surface area contributed by atoms with Crippen LogP contribution in [0.25, 0.3) is 0 Å². The average Bonchev–Trinajstić information content (AvgIpc) is 2.30. The first-order chi connectivity index (χ1) is 5.94. The van der Waals surface area contributed by atoms with E-state index in [1.807, 2.05) is 6.92 Å². The predicted octanol–water partition coefficient (Wildman–Crippen LogP) is 0.120. The van der Waals surface area contributed by atoms with E-state index < -0.39 is 17.4 Å². The summed E-state index contributed by atoms with van der Waals surface area (Å²) in [5.74, 6) is -0.786. The van der Waals surface area contributed by atoms with E-state index in [4.69, 9.17) is 0 Å². The first-order valence-corrected chi connectivity index (χ1v) is 4.23. The number of carbonyl (C=O) groups is 2. The molecule has 0 aliphatic carbocycles. The first-order valence-electron chi connectivity index (χ1n) is 4.23. The quantitative estimate of drug-likeness (QED) is 0.611. The summed E-state index contributed by atoms with van der Waals surface area (Å²) in [5.41, 5.74) is -0.551. The van der Waals surface area contributed by atoms with Crippen LogP contribution in [0.15, 0.2) is 11.6 Å². The van der Waals surface area contributed by atoms with Gasteiger partial charge in [-0.1, -0.05) is 6.92 Å². The van der Waals surface area contributed by atoms with Crippen molar-refractivity contribution >= 4 is 11.8 Å². The minimum absolute atomic E-state index is 0.223. The molecule has 0 bridgehead atoms. The average molecular weight is 183 g/mol. The van der Waals surface area contributed by atoms with E-state index in [0.717, 1.165) is 0 Å². The van der Waals surface area contributed by atoms with Crippen LogP contribution >= 0.6 is 0 Å². The highest BCUT2D eigenvalue weighted by Crippen LogP contribution is 2.21. The number of hydrogen-bond donors (Lipinski definition) is 2. The Bertz CT molecular complexity index is 279. The lowest BCUT2D eigenvalue weighted by molar-refractivity contribution is -0.124. The molecule has 1 rings (SSSR count). The van der Waals surface area contributed by atoms with Crippen molar-refractivity contribution in [3.8, 4) is 0 Å². The summed E-state index contributed by atoms with van der Waals surface area (Å²) in [6, 6.07) is 0. The van der Waals surface area contributed by atoms with Crippen LogP contribution in [0.1, 0.15) is 26.7 Å². The zero-order valence-corrected chi connectivity index (χ0v) is 7.76. The van der Waals surface area contributed by atoms with Gasteiger partial charge in [0.15, 0.2) is 0 Å². The third-order valence-corrected chi connectivity index (χ3v) is 2.17. The molecule has 1 unspecified atom stereocenters. The van der Waals surface area contributed by atoms with Crippen LogP contribution in [0.5, 0.6) is 0 Å². The maximum absolute atomic E-state index is 11.1. The Morgan fingerprint density at radius 3 is 2.54 bits per heavy atom. The number of rotatable bonds is 3. The predicted molar refractivity (Wildman–Crippen MR) is 46.8 cm³/mol. The van der Waals surface area contributed by atoms with Gasteiger partial charge in [0.25, 0.3) is 11.8 Å². The highest BCUT2D eigenvalue weighted by molar-refractivity contribution is 6.16. The van der Waals surface area contributed by atoms with Gasteiger partial charge in [-0.05, 0) is 13.3 Å². The molecule has 0 radical (unpaired) electrons. The Labute approximate surface area is 76.6 Å². The molecule has 4 nitrogen and oxygen atoms in total. The Balaban J connectivity index is 2.70. The summed E-state index contributed by atoms with van der Waals surface area (Å²) < 4.78 is 0. The largest absolute Gasteiger partial charge is 0.390 e. The van der Waals surface area contributed by atoms with Crippen molar-refractivity contribution in [1.82, 2.24) is 5.32 Å². The molecule has 1 aliphatic rings. The Morgan fingerprint density at radius 1 is 1.54 bits per heavy atom.